The largest absolute Gasteiger partial charge is 0.480 e. The predicted octanol–water partition coefficient (Wildman–Crippen LogP) is 4.41. The highest BCUT2D eigenvalue weighted by Crippen LogP contribution is 2.44. The molecule has 0 saturated carbocycles. The molecule has 2 aromatic rings. The van der Waals surface area contributed by atoms with Crippen LogP contribution in [-0.4, -0.2) is 29.8 Å². The molecule has 2 aromatic carbocycles. The van der Waals surface area contributed by atoms with E-state index in [0.29, 0.717) is 0 Å². The second-order valence-corrected chi connectivity index (χ2v) is 7.05. The van der Waals surface area contributed by atoms with E-state index in [9.17, 15) is 14.7 Å². The van der Waals surface area contributed by atoms with E-state index in [1.54, 1.807) is 0 Å². The first-order valence-electron chi connectivity index (χ1n) is 9.37. The van der Waals surface area contributed by atoms with E-state index in [2.05, 4.69) is 17.4 Å². The zero-order valence-electron chi connectivity index (χ0n) is 15.6. The van der Waals surface area contributed by atoms with Crippen molar-refractivity contribution in [2.45, 2.75) is 38.6 Å². The summed E-state index contributed by atoms with van der Waals surface area (Å²) in [6.45, 7) is 3.99. The molecule has 1 unspecified atom stereocenters. The highest BCUT2D eigenvalue weighted by Gasteiger charge is 2.30. The Morgan fingerprint density at radius 3 is 2.15 bits per heavy atom. The Morgan fingerprint density at radius 2 is 1.63 bits per heavy atom. The lowest BCUT2D eigenvalue weighted by Crippen LogP contribution is -2.45. The third kappa shape index (κ3) is 3.97. The molecule has 3 rings (SSSR count). The molecule has 142 valence electrons. The lowest BCUT2D eigenvalue weighted by Gasteiger charge is -2.21. The summed E-state index contributed by atoms with van der Waals surface area (Å²) >= 11 is 0. The molecular formula is C22H25NO4. The minimum atomic E-state index is -1.04. The number of carbonyl (C=O) groups is 2. The summed E-state index contributed by atoms with van der Waals surface area (Å²) in [5, 5.41) is 11.9. The molecule has 0 aromatic heterocycles. The first-order chi connectivity index (χ1) is 13.0. The molecule has 0 bridgehead atoms. The monoisotopic (exact) mass is 367 g/mol. The van der Waals surface area contributed by atoms with E-state index in [-0.39, 0.29) is 18.4 Å². The molecule has 1 aliphatic carbocycles. The van der Waals surface area contributed by atoms with Gasteiger partial charge in [-0.2, -0.15) is 0 Å². The number of carbonyl (C=O) groups excluding carboxylic acids is 1. The van der Waals surface area contributed by atoms with Crippen molar-refractivity contribution in [3.8, 4) is 11.1 Å². The topological polar surface area (TPSA) is 75.6 Å². The molecule has 27 heavy (non-hydrogen) atoms. The summed E-state index contributed by atoms with van der Waals surface area (Å²) in [6, 6.07) is 15.2. The number of amides is 1. The number of rotatable bonds is 7. The van der Waals surface area contributed by atoms with E-state index in [4.69, 9.17) is 4.74 Å². The van der Waals surface area contributed by atoms with Gasteiger partial charge in [0.1, 0.15) is 12.6 Å². The van der Waals surface area contributed by atoms with Crippen LogP contribution in [0.4, 0.5) is 4.79 Å². The molecule has 1 amide bonds. The predicted molar refractivity (Wildman–Crippen MR) is 104 cm³/mol. The van der Waals surface area contributed by atoms with Gasteiger partial charge in [-0.05, 0) is 34.6 Å². The number of alkyl carbamates (subject to hydrolysis) is 1. The third-order valence-corrected chi connectivity index (χ3v) is 5.20. The number of hydrogen-bond acceptors (Lipinski definition) is 3. The van der Waals surface area contributed by atoms with Crippen LogP contribution >= 0.6 is 0 Å². The number of fused-ring (bicyclic) bond motifs is 3. The van der Waals surface area contributed by atoms with Gasteiger partial charge in [0.05, 0.1) is 0 Å². The van der Waals surface area contributed by atoms with Gasteiger partial charge < -0.3 is 15.2 Å². The van der Waals surface area contributed by atoms with E-state index in [0.717, 1.165) is 35.1 Å². The van der Waals surface area contributed by atoms with Crippen LogP contribution in [0.3, 0.4) is 0 Å². The van der Waals surface area contributed by atoms with Crippen LogP contribution < -0.4 is 5.32 Å². The van der Waals surface area contributed by atoms with Gasteiger partial charge >= 0.3 is 12.1 Å². The lowest BCUT2D eigenvalue weighted by atomic mass is 9.97. The van der Waals surface area contributed by atoms with Crippen LogP contribution in [0, 0.1) is 5.92 Å². The van der Waals surface area contributed by atoms with Gasteiger partial charge in [-0.1, -0.05) is 68.8 Å². The summed E-state index contributed by atoms with van der Waals surface area (Å²) in [5.74, 6) is -1.24. The summed E-state index contributed by atoms with van der Waals surface area (Å²) < 4.78 is 5.44. The van der Waals surface area contributed by atoms with E-state index < -0.39 is 18.1 Å². The van der Waals surface area contributed by atoms with Crippen molar-refractivity contribution in [2.75, 3.05) is 6.61 Å². The number of hydrogen-bond donors (Lipinski definition) is 2. The number of ether oxygens (including phenoxy) is 1. The van der Waals surface area contributed by atoms with Gasteiger partial charge in [0.25, 0.3) is 0 Å². The Balaban J connectivity index is 1.69. The smallest absolute Gasteiger partial charge is 0.407 e. The summed E-state index contributed by atoms with van der Waals surface area (Å²) in [7, 11) is 0. The molecule has 0 spiro atoms. The standard InChI is InChI=1S/C22H25NO4/c1-3-8-14(2)20(21(24)25)23-22(26)27-13-19-17-11-6-4-9-15(17)16-10-5-7-12-18(16)19/h4-7,9-12,14,19-20H,3,8,13H2,1-2H3,(H,23,26)(H,24,25)/t14?,20-/m0/s1. The lowest BCUT2D eigenvalue weighted by molar-refractivity contribution is -0.140. The van der Waals surface area contributed by atoms with Gasteiger partial charge in [-0.15, -0.1) is 0 Å². The number of aliphatic carboxylic acids is 1. The zero-order valence-corrected chi connectivity index (χ0v) is 15.6. The normalized spacial score (nSPS) is 14.7. The fourth-order valence-electron chi connectivity index (χ4n) is 3.84. The fraction of sp³-hybridized carbons (Fsp3) is 0.364. The van der Waals surface area contributed by atoms with Crippen LogP contribution in [0.15, 0.2) is 48.5 Å². The van der Waals surface area contributed by atoms with Crippen LogP contribution in [0.1, 0.15) is 43.7 Å². The average molecular weight is 367 g/mol. The first kappa shape index (κ1) is 19.0. The molecule has 2 N–H and O–H groups in total. The van der Waals surface area contributed by atoms with Crippen molar-refractivity contribution in [1.82, 2.24) is 5.32 Å². The Bertz CT molecular complexity index is 787. The number of carboxylic acids is 1. The average Bonchev–Trinajstić information content (AvgIpc) is 2.98. The van der Waals surface area contributed by atoms with Gasteiger partial charge in [0, 0.05) is 5.92 Å². The SMILES string of the molecule is CCCC(C)[C@H](NC(=O)OCC1c2ccccc2-c2ccccc21)C(=O)O. The Morgan fingerprint density at radius 1 is 1.07 bits per heavy atom. The number of benzene rings is 2. The van der Waals surface area contributed by atoms with Gasteiger partial charge in [0.15, 0.2) is 0 Å². The Hall–Kier alpha value is -2.82. The number of carboxylic acid groups (broad SMARTS) is 1. The molecule has 0 radical (unpaired) electrons. The van der Waals surface area contributed by atoms with Gasteiger partial charge in [0.2, 0.25) is 0 Å². The second kappa shape index (κ2) is 8.25. The van der Waals surface area contributed by atoms with E-state index >= 15 is 0 Å². The molecule has 0 saturated heterocycles. The molecule has 5 heteroatoms. The third-order valence-electron chi connectivity index (χ3n) is 5.20. The maximum atomic E-state index is 12.3. The van der Waals surface area contributed by atoms with Crippen molar-refractivity contribution in [2.24, 2.45) is 5.92 Å². The van der Waals surface area contributed by atoms with Crippen LogP contribution in [0.5, 0.6) is 0 Å². The summed E-state index contributed by atoms with van der Waals surface area (Å²) in [6.07, 6.45) is 0.894. The summed E-state index contributed by atoms with van der Waals surface area (Å²) in [5.41, 5.74) is 4.56. The quantitative estimate of drug-likeness (QED) is 0.760. The van der Waals surface area contributed by atoms with Crippen molar-refractivity contribution in [3.05, 3.63) is 59.7 Å². The Kier molecular flexibility index (Phi) is 5.79. The van der Waals surface area contributed by atoms with Crippen LogP contribution in [-0.2, 0) is 9.53 Å². The minimum absolute atomic E-state index is 0.0421. The van der Waals surface area contributed by atoms with Crippen molar-refractivity contribution >= 4 is 12.1 Å². The zero-order chi connectivity index (χ0) is 19.4. The van der Waals surface area contributed by atoms with Crippen LogP contribution in [0.2, 0.25) is 0 Å². The first-order valence-corrected chi connectivity index (χ1v) is 9.37. The van der Waals surface area contributed by atoms with Gasteiger partial charge in [-0.25, -0.2) is 9.59 Å². The van der Waals surface area contributed by atoms with Crippen molar-refractivity contribution < 1.29 is 19.4 Å². The molecule has 0 aliphatic heterocycles. The Labute approximate surface area is 159 Å². The summed E-state index contributed by atoms with van der Waals surface area (Å²) in [4.78, 5) is 23.7. The molecule has 0 fully saturated rings. The van der Waals surface area contributed by atoms with Crippen LogP contribution in [0.25, 0.3) is 11.1 Å². The van der Waals surface area contributed by atoms with Gasteiger partial charge in [-0.3, -0.25) is 0 Å². The second-order valence-electron chi connectivity index (χ2n) is 7.05. The molecule has 1 aliphatic rings. The maximum Gasteiger partial charge on any atom is 0.407 e. The molecule has 2 atom stereocenters. The van der Waals surface area contributed by atoms with E-state index in [1.165, 1.54) is 0 Å². The fourth-order valence-corrected chi connectivity index (χ4v) is 3.84. The van der Waals surface area contributed by atoms with E-state index in [1.807, 2.05) is 50.2 Å². The highest BCUT2D eigenvalue weighted by molar-refractivity contribution is 5.81. The maximum absolute atomic E-state index is 12.3. The minimum Gasteiger partial charge on any atom is -0.480 e. The van der Waals surface area contributed by atoms with Crippen molar-refractivity contribution in [3.63, 3.8) is 0 Å². The highest BCUT2D eigenvalue weighted by atomic mass is 16.5. The molecule has 0 heterocycles. The van der Waals surface area contributed by atoms with Crippen molar-refractivity contribution in [1.29, 1.82) is 0 Å². The molecule has 5 nitrogen and oxygen atoms in total. The number of nitrogens with one attached hydrogen (secondary N) is 1. The molecular weight excluding hydrogens is 342 g/mol.